The van der Waals surface area contributed by atoms with Crippen LogP contribution in [0.15, 0.2) is 35.0 Å². The zero-order valence-electron chi connectivity index (χ0n) is 11.0. The molecule has 3 heterocycles. The van der Waals surface area contributed by atoms with Gasteiger partial charge in [0.15, 0.2) is 5.82 Å². The molecule has 2 atom stereocenters. The van der Waals surface area contributed by atoms with Gasteiger partial charge in [-0.05, 0) is 29.8 Å². The van der Waals surface area contributed by atoms with E-state index in [-0.39, 0.29) is 12.1 Å². The van der Waals surface area contributed by atoms with Crippen molar-refractivity contribution in [2.24, 2.45) is 0 Å². The van der Waals surface area contributed by atoms with Crippen molar-refractivity contribution < 1.29 is 0 Å². The highest BCUT2D eigenvalue weighted by Gasteiger charge is 2.19. The molecule has 0 aliphatic carbocycles. The summed E-state index contributed by atoms with van der Waals surface area (Å²) in [5.41, 5.74) is 0. The van der Waals surface area contributed by atoms with Crippen molar-refractivity contribution in [3.05, 3.63) is 50.6 Å². The van der Waals surface area contributed by atoms with Crippen LogP contribution in [0.4, 0.5) is 0 Å². The van der Waals surface area contributed by atoms with Crippen LogP contribution in [0.3, 0.4) is 0 Å². The molecular formula is C13H15N5S2. The minimum atomic E-state index is 0.0563. The summed E-state index contributed by atoms with van der Waals surface area (Å²) in [6.45, 7) is 2.06. The molecule has 3 aromatic heterocycles. The third-order valence-electron chi connectivity index (χ3n) is 3.07. The van der Waals surface area contributed by atoms with Gasteiger partial charge in [-0.25, -0.2) is 0 Å². The summed E-state index contributed by atoms with van der Waals surface area (Å²) < 4.78 is 0. The molecule has 0 aromatic carbocycles. The van der Waals surface area contributed by atoms with Crippen LogP contribution in [0, 0.1) is 0 Å². The van der Waals surface area contributed by atoms with Gasteiger partial charge >= 0.3 is 0 Å². The Morgan fingerprint density at radius 1 is 1.25 bits per heavy atom. The molecule has 2 N–H and O–H groups in total. The molecule has 0 aliphatic heterocycles. The highest BCUT2D eigenvalue weighted by molar-refractivity contribution is 7.10. The number of rotatable bonds is 6. The molecule has 104 valence electrons. The fraction of sp³-hybridized carbons (Fsp3) is 0.308. The maximum Gasteiger partial charge on any atom is 0.191 e. The lowest BCUT2D eigenvalue weighted by atomic mass is 10.1. The van der Waals surface area contributed by atoms with Crippen LogP contribution in [-0.4, -0.2) is 20.6 Å². The number of thiophene rings is 2. The van der Waals surface area contributed by atoms with E-state index in [1.165, 1.54) is 9.75 Å². The zero-order valence-corrected chi connectivity index (χ0v) is 12.6. The molecule has 5 nitrogen and oxygen atoms in total. The lowest BCUT2D eigenvalue weighted by molar-refractivity contribution is 0.456. The fourth-order valence-electron chi connectivity index (χ4n) is 2.09. The summed E-state index contributed by atoms with van der Waals surface area (Å²) in [6, 6.07) is 8.84. The Labute approximate surface area is 125 Å². The Morgan fingerprint density at radius 2 is 2.10 bits per heavy atom. The standard InChI is InChI=1S/C13H15N5S2/c1-9(13-15-17-18-16-13)14-11(12-5-3-7-20-12)8-10-4-2-6-19-10/h2-7,9,11,14H,8H2,1H3,(H,15,16,17,18). The van der Waals surface area contributed by atoms with Crippen LogP contribution in [0.2, 0.25) is 0 Å². The normalized spacial score (nSPS) is 14.2. The number of tetrazole rings is 1. The molecule has 20 heavy (non-hydrogen) atoms. The third kappa shape index (κ3) is 3.12. The number of nitrogens with zero attached hydrogens (tertiary/aromatic N) is 3. The summed E-state index contributed by atoms with van der Waals surface area (Å²) in [5, 5.41) is 22.0. The SMILES string of the molecule is CC(NC(Cc1cccs1)c1cccs1)c1nn[nH]n1. The molecule has 3 aromatic rings. The number of aromatic amines is 1. The highest BCUT2D eigenvalue weighted by atomic mass is 32.1. The molecule has 0 bridgehead atoms. The van der Waals surface area contributed by atoms with Gasteiger partial charge in [0.05, 0.1) is 6.04 Å². The van der Waals surface area contributed by atoms with E-state index >= 15 is 0 Å². The molecule has 0 aliphatic rings. The van der Waals surface area contributed by atoms with Crippen molar-refractivity contribution in [1.29, 1.82) is 0 Å². The summed E-state index contributed by atoms with van der Waals surface area (Å²) in [7, 11) is 0. The van der Waals surface area contributed by atoms with Crippen LogP contribution in [0.5, 0.6) is 0 Å². The molecule has 0 fully saturated rings. The minimum absolute atomic E-state index is 0.0563. The van der Waals surface area contributed by atoms with Crippen LogP contribution < -0.4 is 5.32 Å². The van der Waals surface area contributed by atoms with E-state index in [1.807, 2.05) is 0 Å². The predicted molar refractivity (Wildman–Crippen MR) is 80.8 cm³/mol. The second-order valence-electron chi connectivity index (χ2n) is 4.51. The summed E-state index contributed by atoms with van der Waals surface area (Å²) in [6.07, 6.45) is 0.973. The molecule has 2 unspecified atom stereocenters. The summed E-state index contributed by atoms with van der Waals surface area (Å²) in [5.74, 6) is 0.692. The maximum atomic E-state index is 4.04. The molecule has 0 radical (unpaired) electrons. The van der Waals surface area contributed by atoms with Crippen molar-refractivity contribution >= 4 is 22.7 Å². The van der Waals surface area contributed by atoms with E-state index in [4.69, 9.17) is 0 Å². The number of aromatic nitrogens is 4. The number of hydrogen-bond donors (Lipinski definition) is 2. The average molecular weight is 305 g/mol. The summed E-state index contributed by atoms with van der Waals surface area (Å²) in [4.78, 5) is 2.70. The Morgan fingerprint density at radius 3 is 2.75 bits per heavy atom. The molecule has 0 saturated heterocycles. The van der Waals surface area contributed by atoms with Crippen LogP contribution in [0.25, 0.3) is 0 Å². The second-order valence-corrected chi connectivity index (χ2v) is 6.52. The molecule has 0 saturated carbocycles. The first-order valence-electron chi connectivity index (χ1n) is 6.38. The van der Waals surface area contributed by atoms with Gasteiger partial charge in [0, 0.05) is 22.2 Å². The monoisotopic (exact) mass is 305 g/mol. The lowest BCUT2D eigenvalue weighted by Crippen LogP contribution is -2.26. The molecular weight excluding hydrogens is 290 g/mol. The zero-order chi connectivity index (χ0) is 13.8. The van der Waals surface area contributed by atoms with Gasteiger partial charge in [-0.2, -0.15) is 5.21 Å². The van der Waals surface area contributed by atoms with E-state index in [2.05, 4.69) is 67.9 Å². The van der Waals surface area contributed by atoms with Gasteiger partial charge in [0.1, 0.15) is 0 Å². The van der Waals surface area contributed by atoms with Gasteiger partial charge in [-0.3, -0.25) is 5.32 Å². The van der Waals surface area contributed by atoms with Crippen molar-refractivity contribution in [1.82, 2.24) is 25.9 Å². The Kier molecular flexibility index (Phi) is 4.19. The van der Waals surface area contributed by atoms with E-state index in [0.717, 1.165) is 6.42 Å². The maximum absolute atomic E-state index is 4.04. The average Bonchev–Trinajstić information content (AvgIpc) is 3.20. The molecule has 7 heteroatoms. The van der Waals surface area contributed by atoms with E-state index in [9.17, 15) is 0 Å². The van der Waals surface area contributed by atoms with Crippen LogP contribution in [-0.2, 0) is 6.42 Å². The second kappa shape index (κ2) is 6.25. The number of nitrogens with one attached hydrogen (secondary N) is 2. The predicted octanol–water partition coefficient (Wildman–Crippen LogP) is 2.96. The van der Waals surface area contributed by atoms with E-state index in [1.54, 1.807) is 22.7 Å². The van der Waals surface area contributed by atoms with Gasteiger partial charge in [0.25, 0.3) is 0 Å². The Hall–Kier alpha value is -1.57. The molecule has 0 spiro atoms. The minimum Gasteiger partial charge on any atom is -0.299 e. The summed E-state index contributed by atoms with van der Waals surface area (Å²) >= 11 is 3.56. The quantitative estimate of drug-likeness (QED) is 0.735. The van der Waals surface area contributed by atoms with E-state index < -0.39 is 0 Å². The topological polar surface area (TPSA) is 66.5 Å². The molecule has 0 amide bonds. The van der Waals surface area contributed by atoms with Crippen LogP contribution in [0.1, 0.15) is 34.6 Å². The largest absolute Gasteiger partial charge is 0.299 e. The number of hydrogen-bond acceptors (Lipinski definition) is 6. The van der Waals surface area contributed by atoms with Gasteiger partial charge in [0.2, 0.25) is 0 Å². The van der Waals surface area contributed by atoms with Gasteiger partial charge in [-0.1, -0.05) is 17.3 Å². The van der Waals surface area contributed by atoms with Crippen LogP contribution >= 0.6 is 22.7 Å². The first-order valence-corrected chi connectivity index (χ1v) is 8.14. The third-order valence-corrected chi connectivity index (χ3v) is 4.96. The smallest absolute Gasteiger partial charge is 0.191 e. The fourth-order valence-corrected chi connectivity index (χ4v) is 3.63. The lowest BCUT2D eigenvalue weighted by Gasteiger charge is -2.20. The Bertz CT molecular complexity index is 603. The van der Waals surface area contributed by atoms with Gasteiger partial charge < -0.3 is 0 Å². The highest BCUT2D eigenvalue weighted by Crippen LogP contribution is 2.27. The van der Waals surface area contributed by atoms with Gasteiger partial charge in [-0.15, -0.1) is 32.9 Å². The van der Waals surface area contributed by atoms with Crippen molar-refractivity contribution in [3.63, 3.8) is 0 Å². The molecule has 3 rings (SSSR count). The first kappa shape index (κ1) is 13.4. The first-order chi connectivity index (χ1) is 9.83. The Balaban J connectivity index is 1.75. The number of H-pyrrole nitrogens is 1. The van der Waals surface area contributed by atoms with Crippen molar-refractivity contribution in [2.75, 3.05) is 0 Å². The van der Waals surface area contributed by atoms with Crippen molar-refractivity contribution in [2.45, 2.75) is 25.4 Å². The van der Waals surface area contributed by atoms with E-state index in [0.29, 0.717) is 5.82 Å². The van der Waals surface area contributed by atoms with Crippen molar-refractivity contribution in [3.8, 4) is 0 Å².